The van der Waals surface area contributed by atoms with Gasteiger partial charge in [-0.1, -0.05) is 12.0 Å². The molecule has 2 N–H and O–H groups in total. The van der Waals surface area contributed by atoms with Crippen LogP contribution in [0.1, 0.15) is 12.5 Å². The summed E-state index contributed by atoms with van der Waals surface area (Å²) in [5.41, 5.74) is 1.40. The van der Waals surface area contributed by atoms with Gasteiger partial charge in [0, 0.05) is 18.4 Å². The summed E-state index contributed by atoms with van der Waals surface area (Å²) in [5.74, 6) is 2.51. The van der Waals surface area contributed by atoms with Gasteiger partial charge in [0.15, 0.2) is 0 Å². The first-order chi connectivity index (χ1) is 8.15. The number of hydrogen-bond acceptors (Lipinski definition) is 2. The van der Waals surface area contributed by atoms with E-state index in [2.05, 4.69) is 16.6 Å². The van der Waals surface area contributed by atoms with Crippen molar-refractivity contribution in [1.29, 1.82) is 0 Å². The Morgan fingerprint density at radius 3 is 3.00 bits per heavy atom. The number of hydrogen-bond donors (Lipinski definition) is 2. The lowest BCUT2D eigenvalue weighted by atomic mass is 10.2. The first-order valence-corrected chi connectivity index (χ1v) is 5.29. The van der Waals surface area contributed by atoms with E-state index in [1.807, 2.05) is 6.92 Å². The number of urea groups is 1. The summed E-state index contributed by atoms with van der Waals surface area (Å²) in [5, 5.41) is 5.44. The van der Waals surface area contributed by atoms with Crippen LogP contribution in [0.15, 0.2) is 24.3 Å². The lowest BCUT2D eigenvalue weighted by molar-refractivity contribution is 0.173. The molecule has 0 aliphatic rings. The van der Waals surface area contributed by atoms with Gasteiger partial charge in [-0.05, 0) is 25.1 Å². The Kier molecular flexibility index (Phi) is 5.05. The van der Waals surface area contributed by atoms with Gasteiger partial charge in [0.05, 0.1) is 12.6 Å². The predicted octanol–water partition coefficient (Wildman–Crippen LogP) is 1.82. The standard InChI is InChI=1S/C13H16N2O2/c1-4-11-6-5-7-12(8-11)15-13(16)14-10(2)9-17-3/h1,5-8,10H,9H2,2-3H3,(H2,14,15,16). The Morgan fingerprint density at radius 2 is 2.35 bits per heavy atom. The molecule has 0 spiro atoms. The second-order valence-electron chi connectivity index (χ2n) is 3.68. The molecule has 0 aliphatic heterocycles. The van der Waals surface area contributed by atoms with E-state index in [0.29, 0.717) is 12.3 Å². The highest BCUT2D eigenvalue weighted by Crippen LogP contribution is 2.09. The number of carbonyl (C=O) groups is 1. The van der Waals surface area contributed by atoms with Crippen LogP contribution in [-0.4, -0.2) is 25.8 Å². The quantitative estimate of drug-likeness (QED) is 0.778. The zero-order chi connectivity index (χ0) is 12.7. The maximum atomic E-state index is 11.6. The molecular formula is C13H16N2O2. The molecule has 0 aliphatic carbocycles. The van der Waals surface area contributed by atoms with Crippen molar-refractivity contribution in [2.45, 2.75) is 13.0 Å². The van der Waals surface area contributed by atoms with E-state index in [4.69, 9.17) is 11.2 Å². The van der Waals surface area contributed by atoms with E-state index in [1.165, 1.54) is 0 Å². The number of ether oxygens (including phenoxy) is 1. The molecule has 90 valence electrons. The molecule has 2 amide bonds. The van der Waals surface area contributed by atoms with E-state index in [-0.39, 0.29) is 12.1 Å². The molecular weight excluding hydrogens is 216 g/mol. The van der Waals surface area contributed by atoms with E-state index in [0.717, 1.165) is 5.56 Å². The SMILES string of the molecule is C#Cc1cccc(NC(=O)NC(C)COC)c1. The Balaban J connectivity index is 2.53. The van der Waals surface area contributed by atoms with Crippen LogP contribution in [0.5, 0.6) is 0 Å². The van der Waals surface area contributed by atoms with Crippen LogP contribution in [-0.2, 0) is 4.74 Å². The van der Waals surface area contributed by atoms with Gasteiger partial charge < -0.3 is 15.4 Å². The van der Waals surface area contributed by atoms with Crippen molar-refractivity contribution in [2.75, 3.05) is 19.0 Å². The zero-order valence-electron chi connectivity index (χ0n) is 9.99. The Bertz CT molecular complexity index is 424. The minimum absolute atomic E-state index is 0.0455. The first-order valence-electron chi connectivity index (χ1n) is 5.29. The monoisotopic (exact) mass is 232 g/mol. The van der Waals surface area contributed by atoms with Crippen LogP contribution in [0.3, 0.4) is 0 Å². The van der Waals surface area contributed by atoms with Crippen LogP contribution in [0.25, 0.3) is 0 Å². The Labute approximate surface area is 101 Å². The Hall–Kier alpha value is -1.99. The largest absolute Gasteiger partial charge is 0.383 e. The van der Waals surface area contributed by atoms with Crippen molar-refractivity contribution < 1.29 is 9.53 Å². The third kappa shape index (κ3) is 4.58. The number of methoxy groups -OCH3 is 1. The molecule has 1 aromatic rings. The topological polar surface area (TPSA) is 50.4 Å². The molecule has 17 heavy (non-hydrogen) atoms. The normalized spacial score (nSPS) is 11.4. The smallest absolute Gasteiger partial charge is 0.319 e. The fraction of sp³-hybridized carbons (Fsp3) is 0.308. The average Bonchev–Trinajstić information content (AvgIpc) is 2.29. The van der Waals surface area contributed by atoms with Crippen LogP contribution < -0.4 is 10.6 Å². The van der Waals surface area contributed by atoms with E-state index in [9.17, 15) is 4.79 Å². The van der Waals surface area contributed by atoms with Gasteiger partial charge in [0.2, 0.25) is 0 Å². The molecule has 0 bridgehead atoms. The van der Waals surface area contributed by atoms with Crippen molar-refractivity contribution in [3.8, 4) is 12.3 Å². The maximum Gasteiger partial charge on any atom is 0.319 e. The first kappa shape index (κ1) is 13.1. The summed E-state index contributed by atoms with van der Waals surface area (Å²) in [4.78, 5) is 11.6. The molecule has 1 unspecified atom stereocenters. The van der Waals surface area contributed by atoms with Crippen LogP contribution in [0.2, 0.25) is 0 Å². The molecule has 0 heterocycles. The van der Waals surface area contributed by atoms with Crippen molar-refractivity contribution >= 4 is 11.7 Å². The van der Waals surface area contributed by atoms with Gasteiger partial charge in [-0.15, -0.1) is 6.42 Å². The molecule has 0 aromatic heterocycles. The molecule has 4 heteroatoms. The van der Waals surface area contributed by atoms with E-state index < -0.39 is 0 Å². The third-order valence-electron chi connectivity index (χ3n) is 2.08. The van der Waals surface area contributed by atoms with Gasteiger partial charge in [-0.25, -0.2) is 4.79 Å². The number of benzene rings is 1. The fourth-order valence-corrected chi connectivity index (χ4v) is 1.37. The molecule has 0 saturated heterocycles. The van der Waals surface area contributed by atoms with Gasteiger partial charge in [0.1, 0.15) is 0 Å². The molecule has 0 fully saturated rings. The highest BCUT2D eigenvalue weighted by atomic mass is 16.5. The van der Waals surface area contributed by atoms with E-state index >= 15 is 0 Å². The third-order valence-corrected chi connectivity index (χ3v) is 2.08. The lowest BCUT2D eigenvalue weighted by Gasteiger charge is -2.13. The zero-order valence-corrected chi connectivity index (χ0v) is 9.99. The van der Waals surface area contributed by atoms with E-state index in [1.54, 1.807) is 31.4 Å². The predicted molar refractivity (Wildman–Crippen MR) is 67.9 cm³/mol. The van der Waals surface area contributed by atoms with Crippen molar-refractivity contribution in [1.82, 2.24) is 5.32 Å². The number of anilines is 1. The second-order valence-corrected chi connectivity index (χ2v) is 3.68. The number of amides is 2. The summed E-state index contributed by atoms with van der Waals surface area (Å²) < 4.78 is 4.92. The van der Waals surface area contributed by atoms with Gasteiger partial charge in [-0.3, -0.25) is 0 Å². The van der Waals surface area contributed by atoms with Crippen molar-refractivity contribution in [3.05, 3.63) is 29.8 Å². The summed E-state index contributed by atoms with van der Waals surface area (Å²) >= 11 is 0. The van der Waals surface area contributed by atoms with Crippen molar-refractivity contribution in [3.63, 3.8) is 0 Å². The number of rotatable bonds is 4. The summed E-state index contributed by atoms with van der Waals surface area (Å²) in [6, 6.07) is 6.79. The fourth-order valence-electron chi connectivity index (χ4n) is 1.37. The van der Waals surface area contributed by atoms with Crippen LogP contribution >= 0.6 is 0 Å². The molecule has 0 saturated carbocycles. The average molecular weight is 232 g/mol. The van der Waals surface area contributed by atoms with Crippen LogP contribution in [0.4, 0.5) is 10.5 Å². The van der Waals surface area contributed by atoms with Gasteiger partial charge in [-0.2, -0.15) is 0 Å². The summed E-state index contributed by atoms with van der Waals surface area (Å²) in [6.45, 7) is 2.33. The molecule has 1 atom stereocenters. The molecule has 4 nitrogen and oxygen atoms in total. The highest BCUT2D eigenvalue weighted by Gasteiger charge is 2.06. The molecule has 1 aromatic carbocycles. The number of nitrogens with one attached hydrogen (secondary N) is 2. The van der Waals surface area contributed by atoms with Crippen molar-refractivity contribution in [2.24, 2.45) is 0 Å². The molecule has 0 radical (unpaired) electrons. The highest BCUT2D eigenvalue weighted by molar-refractivity contribution is 5.89. The maximum absolute atomic E-state index is 11.6. The number of carbonyl (C=O) groups excluding carboxylic acids is 1. The minimum atomic E-state index is -0.274. The summed E-state index contributed by atoms with van der Waals surface area (Å²) in [7, 11) is 1.59. The minimum Gasteiger partial charge on any atom is -0.383 e. The van der Waals surface area contributed by atoms with Gasteiger partial charge in [0.25, 0.3) is 0 Å². The summed E-state index contributed by atoms with van der Waals surface area (Å²) in [6.07, 6.45) is 5.27. The lowest BCUT2D eigenvalue weighted by Crippen LogP contribution is -2.38. The number of terminal acetylenes is 1. The second kappa shape index (κ2) is 6.56. The van der Waals surface area contributed by atoms with Gasteiger partial charge >= 0.3 is 6.03 Å². The molecule has 1 rings (SSSR count). The van der Waals surface area contributed by atoms with Crippen LogP contribution in [0, 0.1) is 12.3 Å². The Morgan fingerprint density at radius 1 is 1.59 bits per heavy atom.